The second kappa shape index (κ2) is 7.79. The summed E-state index contributed by atoms with van der Waals surface area (Å²) in [5.41, 5.74) is -0.422. The van der Waals surface area contributed by atoms with Gasteiger partial charge in [-0.1, -0.05) is 0 Å². The minimum atomic E-state index is -0.422. The van der Waals surface area contributed by atoms with Crippen LogP contribution in [-0.4, -0.2) is 35.7 Å². The number of rotatable bonds is 5. The minimum Gasteiger partial charge on any atom is -0.444 e. The summed E-state index contributed by atoms with van der Waals surface area (Å²) in [4.78, 5) is 15.4. The van der Waals surface area contributed by atoms with E-state index in [1.54, 1.807) is 11.3 Å². The Hall–Kier alpha value is -0.590. The van der Waals surface area contributed by atoms with E-state index in [4.69, 9.17) is 4.74 Å². The lowest BCUT2D eigenvalue weighted by Crippen LogP contribution is -2.40. The smallest absolute Gasteiger partial charge is 0.410 e. The van der Waals surface area contributed by atoms with Crippen LogP contribution in [0, 0.1) is 0 Å². The SMILES string of the molecule is CC(C)(C)OC(=O)N1CCCC1CCNCc1ccc(Br)s1. The highest BCUT2D eigenvalue weighted by atomic mass is 79.9. The van der Waals surface area contributed by atoms with E-state index in [-0.39, 0.29) is 6.09 Å². The predicted octanol–water partition coefficient (Wildman–Crippen LogP) is 4.39. The van der Waals surface area contributed by atoms with Crippen LogP contribution in [-0.2, 0) is 11.3 Å². The zero-order valence-corrected chi connectivity index (χ0v) is 15.9. The molecule has 1 aromatic rings. The third kappa shape index (κ3) is 5.56. The molecule has 1 atom stereocenters. The van der Waals surface area contributed by atoms with E-state index < -0.39 is 5.60 Å². The van der Waals surface area contributed by atoms with Crippen LogP contribution in [0.1, 0.15) is 44.9 Å². The van der Waals surface area contributed by atoms with Crippen LogP contribution >= 0.6 is 27.3 Å². The second-order valence-electron chi connectivity index (χ2n) is 6.64. The number of halogens is 1. The first-order valence-corrected chi connectivity index (χ1v) is 9.40. The third-order valence-electron chi connectivity index (χ3n) is 3.59. The molecular formula is C16H25BrN2O2S. The highest BCUT2D eigenvalue weighted by molar-refractivity contribution is 9.11. The van der Waals surface area contributed by atoms with Gasteiger partial charge in [0, 0.05) is 24.0 Å². The maximum absolute atomic E-state index is 12.2. The molecule has 124 valence electrons. The topological polar surface area (TPSA) is 41.6 Å². The van der Waals surface area contributed by atoms with Gasteiger partial charge < -0.3 is 15.0 Å². The van der Waals surface area contributed by atoms with Gasteiger partial charge in [-0.25, -0.2) is 4.79 Å². The Morgan fingerprint density at radius 1 is 1.50 bits per heavy atom. The number of nitrogens with one attached hydrogen (secondary N) is 1. The average Bonchev–Trinajstić information content (AvgIpc) is 3.01. The molecule has 2 rings (SSSR count). The van der Waals surface area contributed by atoms with Gasteiger partial charge in [0.1, 0.15) is 5.60 Å². The second-order valence-corrected chi connectivity index (χ2v) is 9.19. The molecule has 0 saturated carbocycles. The quantitative estimate of drug-likeness (QED) is 0.760. The molecule has 1 aromatic heterocycles. The van der Waals surface area contributed by atoms with Gasteiger partial charge >= 0.3 is 6.09 Å². The van der Waals surface area contributed by atoms with Gasteiger partial charge in [-0.15, -0.1) is 11.3 Å². The van der Waals surface area contributed by atoms with Crippen molar-refractivity contribution >= 4 is 33.4 Å². The fourth-order valence-corrected chi connectivity index (χ4v) is 4.08. The fourth-order valence-electron chi connectivity index (χ4n) is 2.62. The van der Waals surface area contributed by atoms with Gasteiger partial charge in [-0.05, 0) is 74.6 Å². The molecule has 0 aromatic carbocycles. The lowest BCUT2D eigenvalue weighted by molar-refractivity contribution is 0.0221. The van der Waals surface area contributed by atoms with E-state index in [1.807, 2.05) is 25.7 Å². The number of hydrogen-bond donors (Lipinski definition) is 1. The standard InChI is InChI=1S/C16H25BrN2O2S/c1-16(2,3)21-15(20)19-10-4-5-12(19)8-9-18-11-13-6-7-14(17)22-13/h6-7,12,18H,4-5,8-11H2,1-3H3. The number of ether oxygens (including phenoxy) is 1. The Kier molecular flexibility index (Phi) is 6.29. The van der Waals surface area contributed by atoms with Crippen LogP contribution in [0.25, 0.3) is 0 Å². The molecule has 1 aliphatic rings. The van der Waals surface area contributed by atoms with Gasteiger partial charge in [-0.2, -0.15) is 0 Å². The van der Waals surface area contributed by atoms with Crippen molar-refractivity contribution in [2.45, 2.75) is 58.2 Å². The van der Waals surface area contributed by atoms with Crippen molar-refractivity contribution in [3.05, 3.63) is 20.8 Å². The molecule has 1 aliphatic heterocycles. The summed E-state index contributed by atoms with van der Waals surface area (Å²) in [5.74, 6) is 0. The molecule has 1 saturated heterocycles. The van der Waals surface area contributed by atoms with E-state index in [9.17, 15) is 4.79 Å². The molecule has 0 bridgehead atoms. The van der Waals surface area contributed by atoms with Crippen molar-refractivity contribution < 1.29 is 9.53 Å². The molecule has 0 spiro atoms. The zero-order valence-electron chi connectivity index (χ0n) is 13.5. The van der Waals surface area contributed by atoms with Crippen LogP contribution in [0.5, 0.6) is 0 Å². The number of carbonyl (C=O) groups is 1. The first kappa shape index (κ1) is 17.8. The van der Waals surface area contributed by atoms with Gasteiger partial charge in [0.25, 0.3) is 0 Å². The molecule has 6 heteroatoms. The Balaban J connectivity index is 1.73. The highest BCUT2D eigenvalue weighted by Gasteiger charge is 2.31. The predicted molar refractivity (Wildman–Crippen MR) is 94.3 cm³/mol. The third-order valence-corrected chi connectivity index (χ3v) is 5.21. The molecule has 1 N–H and O–H groups in total. The van der Waals surface area contributed by atoms with Crippen LogP contribution in [0.15, 0.2) is 15.9 Å². The summed E-state index contributed by atoms with van der Waals surface area (Å²) in [7, 11) is 0. The molecular weight excluding hydrogens is 364 g/mol. The zero-order chi connectivity index (χ0) is 16.2. The van der Waals surface area contributed by atoms with Crippen LogP contribution < -0.4 is 5.32 Å². The number of thiophene rings is 1. The van der Waals surface area contributed by atoms with Gasteiger partial charge in [0.15, 0.2) is 0 Å². The van der Waals surface area contributed by atoms with E-state index in [0.717, 1.165) is 42.7 Å². The van der Waals surface area contributed by atoms with Crippen molar-refractivity contribution in [2.24, 2.45) is 0 Å². The highest BCUT2D eigenvalue weighted by Crippen LogP contribution is 2.23. The molecule has 22 heavy (non-hydrogen) atoms. The van der Waals surface area contributed by atoms with Crippen LogP contribution in [0.2, 0.25) is 0 Å². The minimum absolute atomic E-state index is 0.169. The van der Waals surface area contributed by atoms with E-state index in [2.05, 4.69) is 33.4 Å². The van der Waals surface area contributed by atoms with Gasteiger partial charge in [0.05, 0.1) is 3.79 Å². The summed E-state index contributed by atoms with van der Waals surface area (Å²) in [5, 5.41) is 3.46. The van der Waals surface area contributed by atoms with Crippen molar-refractivity contribution in [2.75, 3.05) is 13.1 Å². The van der Waals surface area contributed by atoms with Crippen LogP contribution in [0.4, 0.5) is 4.79 Å². The number of hydrogen-bond acceptors (Lipinski definition) is 4. The lowest BCUT2D eigenvalue weighted by Gasteiger charge is -2.28. The van der Waals surface area contributed by atoms with Crippen molar-refractivity contribution in [1.82, 2.24) is 10.2 Å². The monoisotopic (exact) mass is 388 g/mol. The van der Waals surface area contributed by atoms with E-state index >= 15 is 0 Å². The molecule has 4 nitrogen and oxygen atoms in total. The van der Waals surface area contributed by atoms with Crippen molar-refractivity contribution in [3.63, 3.8) is 0 Å². The average molecular weight is 389 g/mol. The Morgan fingerprint density at radius 3 is 2.91 bits per heavy atom. The summed E-state index contributed by atoms with van der Waals surface area (Å²) in [6, 6.07) is 4.50. The number of nitrogens with zero attached hydrogens (tertiary/aromatic N) is 1. The van der Waals surface area contributed by atoms with Crippen molar-refractivity contribution in [3.8, 4) is 0 Å². The molecule has 1 unspecified atom stereocenters. The number of amides is 1. The lowest BCUT2D eigenvalue weighted by atomic mass is 10.1. The number of likely N-dealkylation sites (tertiary alicyclic amines) is 1. The molecule has 2 heterocycles. The van der Waals surface area contributed by atoms with E-state index in [1.165, 1.54) is 4.88 Å². The Morgan fingerprint density at radius 2 is 2.27 bits per heavy atom. The summed E-state index contributed by atoms with van der Waals surface area (Å²) in [6.07, 6.45) is 2.95. The Labute approximate surface area is 145 Å². The largest absolute Gasteiger partial charge is 0.444 e. The molecule has 0 radical (unpaired) electrons. The molecule has 0 aliphatic carbocycles. The van der Waals surface area contributed by atoms with E-state index in [0.29, 0.717) is 6.04 Å². The first-order chi connectivity index (χ1) is 10.3. The summed E-state index contributed by atoms with van der Waals surface area (Å²) >= 11 is 5.23. The number of carbonyl (C=O) groups excluding carboxylic acids is 1. The van der Waals surface area contributed by atoms with Gasteiger partial charge in [0.2, 0.25) is 0 Å². The Bertz CT molecular complexity index is 499. The summed E-state index contributed by atoms with van der Waals surface area (Å²) < 4.78 is 6.66. The van der Waals surface area contributed by atoms with Crippen LogP contribution in [0.3, 0.4) is 0 Å². The molecule has 1 amide bonds. The first-order valence-electron chi connectivity index (χ1n) is 7.80. The van der Waals surface area contributed by atoms with Gasteiger partial charge in [-0.3, -0.25) is 0 Å². The normalized spacial score (nSPS) is 18.7. The fraction of sp³-hybridized carbons (Fsp3) is 0.688. The van der Waals surface area contributed by atoms with Crippen molar-refractivity contribution in [1.29, 1.82) is 0 Å². The maximum atomic E-state index is 12.2. The molecule has 1 fully saturated rings. The maximum Gasteiger partial charge on any atom is 0.410 e. The summed E-state index contributed by atoms with van der Waals surface area (Å²) in [6.45, 7) is 8.36.